The molecule has 1 saturated heterocycles. The van der Waals surface area contributed by atoms with Gasteiger partial charge in [-0.2, -0.15) is 0 Å². The molecule has 2 N–H and O–H groups in total. The summed E-state index contributed by atoms with van der Waals surface area (Å²) < 4.78 is 5.03. The van der Waals surface area contributed by atoms with Crippen molar-refractivity contribution in [2.24, 2.45) is 0 Å². The predicted molar refractivity (Wildman–Crippen MR) is 76.8 cm³/mol. The van der Waals surface area contributed by atoms with Crippen molar-refractivity contribution in [1.82, 2.24) is 4.90 Å². The minimum absolute atomic E-state index is 0.389. The number of amides is 2. The van der Waals surface area contributed by atoms with E-state index in [9.17, 15) is 9.59 Å². The number of carboxylic acids is 1. The Kier molecular flexibility index (Phi) is 4.86. The average molecular weight is 296 g/mol. The number of nitrogens with zero attached hydrogens (tertiary/aromatic N) is 1. The van der Waals surface area contributed by atoms with Crippen molar-refractivity contribution in [1.29, 1.82) is 0 Å². The number of rotatable bonds is 4. The lowest BCUT2D eigenvalue weighted by molar-refractivity contribution is -0.140. The third-order valence-corrected chi connectivity index (χ3v) is 3.93. The molecule has 6 nitrogen and oxygen atoms in total. The first-order chi connectivity index (χ1) is 9.61. The van der Waals surface area contributed by atoms with E-state index in [1.165, 1.54) is 16.7 Å². The predicted octanol–water partition coefficient (Wildman–Crippen LogP) is 1.82. The minimum atomic E-state index is -0.974. The van der Waals surface area contributed by atoms with Gasteiger partial charge in [0.1, 0.15) is 6.04 Å². The van der Waals surface area contributed by atoms with Gasteiger partial charge in [-0.1, -0.05) is 12.1 Å². The van der Waals surface area contributed by atoms with Crippen LogP contribution in [0.1, 0.15) is 5.56 Å². The van der Waals surface area contributed by atoms with Crippen LogP contribution in [-0.4, -0.2) is 46.8 Å². The van der Waals surface area contributed by atoms with Gasteiger partial charge in [-0.15, -0.1) is 11.8 Å². The maximum absolute atomic E-state index is 12.1. The number of carbonyl (C=O) groups is 2. The van der Waals surface area contributed by atoms with Crippen molar-refractivity contribution in [2.45, 2.75) is 12.6 Å². The van der Waals surface area contributed by atoms with Crippen LogP contribution in [0.25, 0.3) is 0 Å². The Morgan fingerprint density at radius 2 is 2.35 bits per heavy atom. The third-order valence-electron chi connectivity index (χ3n) is 2.92. The number of carboxylic acid groups (broad SMARTS) is 1. The number of hydrogen-bond donors (Lipinski definition) is 2. The summed E-state index contributed by atoms with van der Waals surface area (Å²) in [4.78, 5) is 24.5. The van der Waals surface area contributed by atoms with Gasteiger partial charge in [0.25, 0.3) is 0 Å². The molecular weight excluding hydrogens is 280 g/mol. The van der Waals surface area contributed by atoms with Crippen LogP contribution < -0.4 is 5.32 Å². The number of carbonyl (C=O) groups excluding carboxylic acids is 1. The molecule has 1 fully saturated rings. The van der Waals surface area contributed by atoms with Gasteiger partial charge in [0.15, 0.2) is 0 Å². The van der Waals surface area contributed by atoms with Crippen molar-refractivity contribution in [3.8, 4) is 0 Å². The van der Waals surface area contributed by atoms with Crippen LogP contribution in [0.3, 0.4) is 0 Å². The zero-order chi connectivity index (χ0) is 14.5. The van der Waals surface area contributed by atoms with Crippen LogP contribution in [0.2, 0.25) is 0 Å². The molecule has 1 atom stereocenters. The molecule has 1 aliphatic rings. The van der Waals surface area contributed by atoms with Crippen LogP contribution in [0.15, 0.2) is 24.3 Å². The van der Waals surface area contributed by atoms with E-state index in [1.807, 2.05) is 12.1 Å². The molecule has 1 aromatic carbocycles. The van der Waals surface area contributed by atoms with Gasteiger partial charge in [0.05, 0.1) is 12.5 Å². The SMILES string of the molecule is COCc1cccc(NC(=O)N2CSC[C@H]2C(=O)O)c1. The van der Waals surface area contributed by atoms with Crippen LogP contribution in [-0.2, 0) is 16.1 Å². The van der Waals surface area contributed by atoms with Crippen LogP contribution in [0.5, 0.6) is 0 Å². The second-order valence-corrected chi connectivity index (χ2v) is 5.39. The normalized spacial score (nSPS) is 18.1. The number of nitrogens with one attached hydrogen (secondary N) is 1. The van der Waals surface area contributed by atoms with E-state index < -0.39 is 18.0 Å². The number of aliphatic carboxylic acids is 1. The Balaban J connectivity index is 2.04. The fraction of sp³-hybridized carbons (Fsp3) is 0.385. The Labute approximate surface area is 121 Å². The molecule has 2 rings (SSSR count). The lowest BCUT2D eigenvalue weighted by Gasteiger charge is -2.21. The first-order valence-corrected chi connectivity index (χ1v) is 7.23. The lowest BCUT2D eigenvalue weighted by atomic mass is 10.2. The third kappa shape index (κ3) is 3.43. The van der Waals surface area contributed by atoms with Gasteiger partial charge in [0.2, 0.25) is 0 Å². The number of ether oxygens (including phenoxy) is 1. The molecule has 0 aromatic heterocycles. The van der Waals surface area contributed by atoms with E-state index in [0.717, 1.165) is 5.56 Å². The van der Waals surface area contributed by atoms with E-state index in [1.54, 1.807) is 19.2 Å². The number of benzene rings is 1. The van der Waals surface area contributed by atoms with E-state index in [0.29, 0.717) is 23.9 Å². The summed E-state index contributed by atoms with van der Waals surface area (Å²) in [6.07, 6.45) is 0. The maximum Gasteiger partial charge on any atom is 0.327 e. The molecule has 108 valence electrons. The van der Waals surface area contributed by atoms with E-state index in [2.05, 4.69) is 5.32 Å². The molecule has 2 amide bonds. The molecule has 0 saturated carbocycles. The summed E-state index contributed by atoms with van der Waals surface area (Å²) in [5, 5.41) is 11.8. The number of anilines is 1. The zero-order valence-corrected chi connectivity index (χ0v) is 11.9. The van der Waals surface area contributed by atoms with Crippen LogP contribution in [0.4, 0.5) is 10.5 Å². The summed E-state index contributed by atoms with van der Waals surface area (Å²) in [7, 11) is 1.60. The second kappa shape index (κ2) is 6.62. The molecule has 0 unspecified atom stereocenters. The highest BCUT2D eigenvalue weighted by molar-refractivity contribution is 7.99. The highest BCUT2D eigenvalue weighted by atomic mass is 32.2. The smallest absolute Gasteiger partial charge is 0.327 e. The standard InChI is InChI=1S/C13H16N2O4S/c1-19-6-9-3-2-4-10(5-9)14-13(18)15-8-20-7-11(15)12(16)17/h2-5,11H,6-8H2,1H3,(H,14,18)(H,16,17)/t11-/m0/s1. The van der Waals surface area contributed by atoms with Crippen molar-refractivity contribution in [2.75, 3.05) is 24.1 Å². The van der Waals surface area contributed by atoms with Gasteiger partial charge >= 0.3 is 12.0 Å². The summed E-state index contributed by atoms with van der Waals surface area (Å²) in [5.74, 6) is -0.161. The highest BCUT2D eigenvalue weighted by Gasteiger charge is 2.34. The maximum atomic E-state index is 12.1. The Morgan fingerprint density at radius 3 is 3.05 bits per heavy atom. The van der Waals surface area contributed by atoms with Crippen LogP contribution >= 0.6 is 11.8 Å². The summed E-state index contributed by atoms with van der Waals surface area (Å²) in [6.45, 7) is 0.459. The fourth-order valence-corrected chi connectivity index (χ4v) is 3.09. The molecule has 7 heteroatoms. The van der Waals surface area contributed by atoms with Crippen molar-refractivity contribution < 1.29 is 19.4 Å². The van der Waals surface area contributed by atoms with E-state index >= 15 is 0 Å². The molecule has 20 heavy (non-hydrogen) atoms. The Morgan fingerprint density at radius 1 is 1.55 bits per heavy atom. The number of methoxy groups -OCH3 is 1. The fourth-order valence-electron chi connectivity index (χ4n) is 1.95. The molecule has 0 spiro atoms. The summed E-state index contributed by atoms with van der Waals surface area (Å²) in [6, 6.07) is 6.12. The van der Waals surface area contributed by atoms with Crippen molar-refractivity contribution in [3.05, 3.63) is 29.8 Å². The lowest BCUT2D eigenvalue weighted by Crippen LogP contribution is -2.43. The van der Waals surface area contributed by atoms with Gasteiger partial charge in [0, 0.05) is 18.6 Å². The molecule has 0 bridgehead atoms. The highest BCUT2D eigenvalue weighted by Crippen LogP contribution is 2.22. The molecule has 0 radical (unpaired) electrons. The van der Waals surface area contributed by atoms with Gasteiger partial charge in [-0.25, -0.2) is 9.59 Å². The number of thioether (sulfide) groups is 1. The van der Waals surface area contributed by atoms with Gasteiger partial charge in [-0.3, -0.25) is 0 Å². The first kappa shape index (κ1) is 14.7. The molecule has 0 aliphatic carbocycles. The van der Waals surface area contributed by atoms with Gasteiger partial charge < -0.3 is 20.1 Å². The summed E-state index contributed by atoms with van der Waals surface area (Å²) >= 11 is 1.43. The zero-order valence-electron chi connectivity index (χ0n) is 11.0. The van der Waals surface area contributed by atoms with E-state index in [4.69, 9.17) is 9.84 Å². The van der Waals surface area contributed by atoms with Crippen molar-refractivity contribution >= 4 is 29.4 Å². The first-order valence-electron chi connectivity index (χ1n) is 6.08. The van der Waals surface area contributed by atoms with Crippen molar-refractivity contribution in [3.63, 3.8) is 0 Å². The Bertz CT molecular complexity index is 509. The van der Waals surface area contributed by atoms with Crippen LogP contribution in [0, 0.1) is 0 Å². The Hall–Kier alpha value is -1.73. The second-order valence-electron chi connectivity index (χ2n) is 4.39. The van der Waals surface area contributed by atoms with Gasteiger partial charge in [-0.05, 0) is 17.7 Å². The monoisotopic (exact) mass is 296 g/mol. The van der Waals surface area contributed by atoms with E-state index in [-0.39, 0.29) is 0 Å². The largest absolute Gasteiger partial charge is 0.480 e. The summed E-state index contributed by atoms with van der Waals surface area (Å²) in [5.41, 5.74) is 1.57. The number of hydrogen-bond acceptors (Lipinski definition) is 4. The topological polar surface area (TPSA) is 78.9 Å². The molecule has 1 aliphatic heterocycles. The number of urea groups is 1. The molecule has 1 heterocycles. The average Bonchev–Trinajstić information content (AvgIpc) is 2.89. The molecule has 1 aromatic rings. The minimum Gasteiger partial charge on any atom is -0.480 e. The molecular formula is C13H16N2O4S. The quantitative estimate of drug-likeness (QED) is 0.886.